The Morgan fingerprint density at radius 1 is 0.281 bits per heavy atom. The number of rotatable bonds is 18. The minimum atomic E-state index is -0.716. The molecule has 0 amide bonds. The summed E-state index contributed by atoms with van der Waals surface area (Å²) in [5.74, 6) is 4.21. The van der Waals surface area contributed by atoms with Gasteiger partial charge in [0.25, 0.3) is 0 Å². The first kappa shape index (κ1) is 80.5. The maximum absolute atomic E-state index is 14.2. The molecule has 26 heteroatoms. The Hall–Kier alpha value is -14.6. The SMILES string of the molecule is CCCC1c2cc3c4c5c2OCOc2c1cc1c6c2COc2cccc(c2)Oc2c(OCc7cc(=O)oc8cc(OC)c(OC)cc78)c7c(c(OCc8cc(=O)oc9cc(OC)c(OC)cc89)c2Oc2cccc(c2)OC5)Oc2cccc(c2)OCc2c5c(cc(c2OCO4)C3CCC)C(CCC)c2cc(c(c(c2OCO5)COc2cccc(c2)O7)OCO6)C1CCC. The van der Waals surface area contributed by atoms with Crippen molar-refractivity contribution in [3.63, 3.8) is 0 Å². The summed E-state index contributed by atoms with van der Waals surface area (Å²) >= 11 is 0. The summed E-state index contributed by atoms with van der Waals surface area (Å²) in [5.41, 5.74) is 8.89. The standard InChI is InChI=1S/C102H90O26/c1-9-17-63-69-35-73-65(19-11-3)75-37-71-64(18-10-2)72-38-76-66(20-12-4)74-36-70(63)90-78-46-110-56-22-14-26-60(32-56)124-100-97(113-43-53-29-87(103)127-81-41-85(107-7)83(105-5)39-67(53)81)99-101-98(114-44-54-30-88(104)128-82-42-86(108-8)84(106-6)40-68(54)82)102(100)126-62-28-16-24-58(34-62)112-48-80(96(76)122-52-120-94(74)78)92(72)118-50-117-91(71)79(47-111-57-23-15-27-61(33-57)125-101)95(75)121-51-119-93(73)77(89(69)115-49-116-90)45-109-55-21-13-25-59(31-55)123-99/h13-16,21-42,63-66H,9-12,17-20,43-52H2,1-8H3. The molecule has 0 aliphatic carbocycles. The fourth-order valence-electron chi connectivity index (χ4n) is 19.1. The van der Waals surface area contributed by atoms with E-state index in [1.54, 1.807) is 97.1 Å². The quantitative estimate of drug-likeness (QED) is 0.0723. The predicted molar refractivity (Wildman–Crippen MR) is 467 cm³/mol. The van der Waals surface area contributed by atoms with Gasteiger partial charge in [-0.15, -0.1) is 0 Å². The third-order valence-electron chi connectivity index (χ3n) is 24.8. The molecule has 654 valence electrons. The molecular weight excluding hydrogens is 1640 g/mol. The van der Waals surface area contributed by atoms with E-state index in [0.717, 1.165) is 70.2 Å². The summed E-state index contributed by atoms with van der Waals surface area (Å²) in [7, 11) is 5.98. The van der Waals surface area contributed by atoms with Gasteiger partial charge in [-0.2, -0.15) is 0 Å². The molecular formula is C102H90O26. The van der Waals surface area contributed by atoms with Crippen molar-refractivity contribution in [3.05, 3.63) is 256 Å². The lowest BCUT2D eigenvalue weighted by Crippen LogP contribution is -2.26. The molecule has 128 heavy (non-hydrogen) atoms. The highest BCUT2D eigenvalue weighted by Gasteiger charge is 2.44. The molecule has 2 aromatic heterocycles. The van der Waals surface area contributed by atoms with E-state index >= 15 is 0 Å². The van der Waals surface area contributed by atoms with Crippen molar-refractivity contribution in [1.29, 1.82) is 0 Å². The van der Waals surface area contributed by atoms with E-state index in [1.807, 2.05) is 24.3 Å². The molecule has 20 bridgehead atoms. The molecule has 11 aromatic carbocycles. The number of fused-ring (bicyclic) bond motifs is 14. The van der Waals surface area contributed by atoms with Gasteiger partial charge in [0.15, 0.2) is 23.0 Å². The zero-order chi connectivity index (χ0) is 87.0. The molecule has 8 aliphatic rings. The van der Waals surface area contributed by atoms with Gasteiger partial charge in [0.1, 0.15) is 143 Å². The number of hydrogen-bond donors (Lipinski definition) is 0. The smallest absolute Gasteiger partial charge is 0.336 e. The number of hydrogen-bond acceptors (Lipinski definition) is 26. The summed E-state index contributed by atoms with van der Waals surface area (Å²) in [6.45, 7) is 6.16. The Labute approximate surface area is 735 Å². The van der Waals surface area contributed by atoms with Crippen LogP contribution in [0.4, 0.5) is 0 Å². The van der Waals surface area contributed by atoms with Crippen LogP contribution < -0.4 is 115 Å². The van der Waals surface area contributed by atoms with Gasteiger partial charge in [-0.25, -0.2) is 9.59 Å². The second-order valence-electron chi connectivity index (χ2n) is 32.4. The summed E-state index contributed by atoms with van der Waals surface area (Å²) < 4.78 is 168. The van der Waals surface area contributed by atoms with Gasteiger partial charge in [-0.3, -0.25) is 0 Å². The van der Waals surface area contributed by atoms with Crippen molar-refractivity contribution >= 4 is 21.9 Å². The van der Waals surface area contributed by atoms with Crippen LogP contribution in [0, 0.1) is 0 Å². The van der Waals surface area contributed by atoms with Crippen molar-refractivity contribution in [3.8, 4) is 149 Å². The lowest BCUT2D eigenvalue weighted by Gasteiger charge is -2.37. The van der Waals surface area contributed by atoms with Crippen molar-refractivity contribution in [2.24, 2.45) is 0 Å². The van der Waals surface area contributed by atoms with E-state index in [0.29, 0.717) is 162 Å². The van der Waals surface area contributed by atoms with Crippen LogP contribution in [0.2, 0.25) is 0 Å². The molecule has 26 nitrogen and oxygen atoms in total. The van der Waals surface area contributed by atoms with Gasteiger partial charge in [0, 0.05) is 139 Å². The van der Waals surface area contributed by atoms with Crippen molar-refractivity contribution in [2.45, 2.75) is 142 Å². The van der Waals surface area contributed by atoms with E-state index in [-0.39, 0.29) is 122 Å². The molecule has 0 saturated heterocycles. The monoisotopic (exact) mass is 1730 g/mol. The van der Waals surface area contributed by atoms with Gasteiger partial charge in [-0.1, -0.05) is 77.6 Å². The van der Waals surface area contributed by atoms with Crippen molar-refractivity contribution < 1.29 is 113 Å². The number of methoxy groups -OCH3 is 4. The Morgan fingerprint density at radius 3 is 0.766 bits per heavy atom. The Kier molecular flexibility index (Phi) is 21.2. The second-order valence-corrected chi connectivity index (χ2v) is 32.4. The van der Waals surface area contributed by atoms with Gasteiger partial charge in [0.05, 0.1) is 50.7 Å². The number of ether oxygens (including phenoxy) is 22. The molecule has 10 heterocycles. The lowest BCUT2D eigenvalue weighted by atomic mass is 9.74. The van der Waals surface area contributed by atoms with Gasteiger partial charge in [0.2, 0.25) is 61.7 Å². The highest BCUT2D eigenvalue weighted by molar-refractivity contribution is 5.86. The average molecular weight is 1730 g/mol. The van der Waals surface area contributed by atoms with Crippen molar-refractivity contribution in [1.82, 2.24) is 0 Å². The third kappa shape index (κ3) is 14.4. The van der Waals surface area contributed by atoms with Gasteiger partial charge < -0.3 is 113 Å². The van der Waals surface area contributed by atoms with E-state index in [2.05, 4.69) is 52.0 Å². The first-order chi connectivity index (χ1) is 62.8. The first-order valence-electron chi connectivity index (χ1n) is 43.2. The molecule has 8 aliphatic heterocycles. The first-order valence-corrected chi connectivity index (χ1v) is 43.2. The molecule has 13 aromatic rings. The highest BCUT2D eigenvalue weighted by Crippen LogP contribution is 2.65. The normalized spacial score (nSPS) is 16.6. The van der Waals surface area contributed by atoms with E-state index in [9.17, 15) is 9.59 Å². The Balaban J connectivity index is 0.938. The van der Waals surface area contributed by atoms with Crippen LogP contribution in [0.3, 0.4) is 0 Å². The second kappa shape index (κ2) is 33.7. The highest BCUT2D eigenvalue weighted by atomic mass is 16.7. The lowest BCUT2D eigenvalue weighted by molar-refractivity contribution is 0.0895. The minimum absolute atomic E-state index is 0.149. The van der Waals surface area contributed by atoms with Gasteiger partial charge in [-0.05, 0) is 111 Å². The van der Waals surface area contributed by atoms with Crippen LogP contribution in [0.5, 0.6) is 149 Å². The maximum Gasteiger partial charge on any atom is 0.336 e. The summed E-state index contributed by atoms with van der Waals surface area (Å²) in [6, 6.07) is 46.7. The molecule has 0 fully saturated rings. The summed E-state index contributed by atoms with van der Waals surface area (Å²) in [4.78, 5) is 28.4. The third-order valence-corrected chi connectivity index (χ3v) is 24.8. The Morgan fingerprint density at radius 2 is 0.523 bits per heavy atom. The van der Waals surface area contributed by atoms with Crippen LogP contribution >= 0.6 is 0 Å². The van der Waals surface area contributed by atoms with Crippen LogP contribution in [0.1, 0.15) is 181 Å². The fourth-order valence-corrected chi connectivity index (χ4v) is 19.1. The minimum Gasteiger partial charge on any atom is -0.493 e. The van der Waals surface area contributed by atoms with Crippen molar-refractivity contribution in [2.75, 3.05) is 55.6 Å². The van der Waals surface area contributed by atoms with E-state index in [4.69, 9.17) is 113 Å². The van der Waals surface area contributed by atoms with Crippen LogP contribution in [0.15, 0.2) is 176 Å². The predicted octanol–water partition coefficient (Wildman–Crippen LogP) is 22.5. The van der Waals surface area contributed by atoms with Crippen LogP contribution in [-0.2, 0) is 39.6 Å². The fraction of sp³-hybridized carbons (Fsp3) is 0.294. The van der Waals surface area contributed by atoms with E-state index in [1.165, 1.54) is 40.6 Å². The summed E-state index contributed by atoms with van der Waals surface area (Å²) in [5, 5.41) is 0.821. The largest absolute Gasteiger partial charge is 0.493 e. The molecule has 21 rings (SSSR count). The van der Waals surface area contributed by atoms with Crippen LogP contribution in [-0.4, -0.2) is 55.6 Å². The molecule has 0 N–H and O–H groups in total. The Bertz CT molecular complexity index is 6040. The average Bonchev–Trinajstić information content (AvgIpc) is 0.738. The zero-order valence-corrected chi connectivity index (χ0v) is 71.7. The maximum atomic E-state index is 14.2. The zero-order valence-electron chi connectivity index (χ0n) is 71.7. The molecule has 0 spiro atoms. The topological polar surface area (TPSA) is 263 Å². The number of benzene rings is 11. The van der Waals surface area contributed by atoms with E-state index < -0.39 is 48.1 Å². The van der Waals surface area contributed by atoms with Gasteiger partial charge >= 0.3 is 11.3 Å². The summed E-state index contributed by atoms with van der Waals surface area (Å²) in [6.07, 6.45) is 5.36. The molecule has 0 radical (unpaired) electrons. The van der Waals surface area contributed by atoms with Crippen LogP contribution in [0.25, 0.3) is 21.9 Å². The molecule has 0 saturated carbocycles. The molecule has 0 unspecified atom stereocenters. The molecule has 0 atom stereocenters.